The zero-order chi connectivity index (χ0) is 23.8. The zero-order valence-electron chi connectivity index (χ0n) is 16.0. The molecule has 1 aliphatic heterocycles. The fourth-order valence-corrected chi connectivity index (χ4v) is 3.72. The normalized spacial score (nSPS) is 17.8. The maximum Gasteiger partial charge on any atom is 0.337 e. The second kappa shape index (κ2) is 9.79. The minimum absolute atomic E-state index is 0.183. The van der Waals surface area contributed by atoms with Gasteiger partial charge in [0, 0.05) is 12.1 Å². The van der Waals surface area contributed by atoms with Gasteiger partial charge in [0.25, 0.3) is 5.91 Å². The molecule has 0 aromatic heterocycles. The fraction of sp³-hybridized carbons (Fsp3) is 0.211. The Hall–Kier alpha value is -1.48. The molecule has 32 heavy (non-hydrogen) atoms. The van der Waals surface area contributed by atoms with Gasteiger partial charge in [0.15, 0.2) is 0 Å². The van der Waals surface area contributed by atoms with E-state index in [2.05, 4.69) is 10.3 Å². The Morgan fingerprint density at radius 1 is 1.09 bits per heavy atom. The summed E-state index contributed by atoms with van der Waals surface area (Å²) in [5.41, 5.74) is 0.130. The van der Waals surface area contributed by atoms with Crippen LogP contribution in [-0.2, 0) is 4.79 Å². The monoisotopic (exact) mass is 558 g/mol. The molecule has 1 saturated heterocycles. The number of amidine groups is 1. The summed E-state index contributed by atoms with van der Waals surface area (Å²) in [4.78, 5) is 31.3. The highest BCUT2D eigenvalue weighted by Crippen LogP contribution is 2.38. The number of amides is 3. The Morgan fingerprint density at radius 2 is 1.75 bits per heavy atom. The largest absolute Gasteiger partial charge is 0.361 e. The maximum atomic E-state index is 14.5. The topological polar surface area (TPSA) is 65.0 Å². The van der Waals surface area contributed by atoms with Crippen molar-refractivity contribution in [3.05, 3.63) is 58.3 Å². The predicted octanol–water partition coefficient (Wildman–Crippen LogP) is 6.35. The van der Waals surface area contributed by atoms with E-state index in [4.69, 9.17) is 69.6 Å². The number of imide groups is 1. The van der Waals surface area contributed by atoms with Gasteiger partial charge in [-0.15, -0.1) is 11.6 Å². The standard InChI is InChI=1S/C19H13Cl6FN4O2/c1-29-17(31)16(30(18(29)32)13-5-3-2-4-11(13)26)28-15(14(22)19(23,24)25)27-12-7-6-9(20)8-10(12)21/h2-8,14-15,27H,1H3. The minimum atomic E-state index is -2.04. The Labute approximate surface area is 212 Å². The number of likely N-dealkylation sites (N-methyl/N-ethyl adjacent to an activating group) is 1. The van der Waals surface area contributed by atoms with Crippen molar-refractivity contribution in [2.45, 2.75) is 15.3 Å². The van der Waals surface area contributed by atoms with E-state index in [-0.39, 0.29) is 10.7 Å². The van der Waals surface area contributed by atoms with E-state index in [1.54, 1.807) is 6.07 Å². The number of nitrogens with one attached hydrogen (secondary N) is 1. The summed E-state index contributed by atoms with van der Waals surface area (Å²) in [7, 11) is 1.23. The van der Waals surface area contributed by atoms with Gasteiger partial charge in [0.1, 0.15) is 17.4 Å². The summed E-state index contributed by atoms with van der Waals surface area (Å²) in [6, 6.07) is 9.11. The van der Waals surface area contributed by atoms with Gasteiger partial charge < -0.3 is 5.32 Å². The number of carbonyl (C=O) groups is 2. The lowest BCUT2D eigenvalue weighted by Crippen LogP contribution is -2.41. The number of para-hydroxylation sites is 1. The van der Waals surface area contributed by atoms with Gasteiger partial charge in [-0.3, -0.25) is 9.69 Å². The Bertz CT molecular complexity index is 1090. The maximum absolute atomic E-state index is 14.5. The molecule has 2 unspecified atom stereocenters. The van der Waals surface area contributed by atoms with Crippen molar-refractivity contribution in [1.29, 1.82) is 0 Å². The summed E-state index contributed by atoms with van der Waals surface area (Å²) in [6.07, 6.45) is -1.28. The summed E-state index contributed by atoms with van der Waals surface area (Å²) in [6.45, 7) is 0. The quantitative estimate of drug-likeness (QED) is 0.342. The Balaban J connectivity index is 2.12. The van der Waals surface area contributed by atoms with Crippen LogP contribution in [0.3, 0.4) is 0 Å². The molecular formula is C19H13Cl6FN4O2. The first kappa shape index (κ1) is 25.1. The lowest BCUT2D eigenvalue weighted by molar-refractivity contribution is -0.119. The molecule has 1 fully saturated rings. The number of benzene rings is 2. The van der Waals surface area contributed by atoms with Gasteiger partial charge in [0.05, 0.1) is 16.4 Å². The highest BCUT2D eigenvalue weighted by Gasteiger charge is 2.45. The molecule has 0 bridgehead atoms. The molecule has 2 atom stereocenters. The first-order valence-electron chi connectivity index (χ1n) is 8.78. The molecule has 0 spiro atoms. The molecule has 0 aliphatic carbocycles. The van der Waals surface area contributed by atoms with Crippen LogP contribution in [0.25, 0.3) is 0 Å². The smallest absolute Gasteiger partial charge is 0.337 e. The number of anilines is 2. The van der Waals surface area contributed by atoms with Gasteiger partial charge >= 0.3 is 6.03 Å². The number of carbonyl (C=O) groups excluding carboxylic acids is 2. The Kier molecular flexibility index (Phi) is 7.70. The number of hydrogen-bond donors (Lipinski definition) is 1. The van der Waals surface area contributed by atoms with Crippen LogP contribution in [-0.4, -0.2) is 45.1 Å². The molecule has 3 rings (SSSR count). The van der Waals surface area contributed by atoms with Gasteiger partial charge in [0.2, 0.25) is 9.63 Å². The van der Waals surface area contributed by atoms with E-state index < -0.39 is 38.9 Å². The summed E-state index contributed by atoms with van der Waals surface area (Å²) in [5, 5.41) is 2.11. The average Bonchev–Trinajstić information content (AvgIpc) is 2.92. The predicted molar refractivity (Wildman–Crippen MR) is 128 cm³/mol. The molecule has 0 saturated carbocycles. The van der Waals surface area contributed by atoms with E-state index >= 15 is 0 Å². The molecule has 170 valence electrons. The van der Waals surface area contributed by atoms with Crippen molar-refractivity contribution in [1.82, 2.24) is 4.90 Å². The van der Waals surface area contributed by atoms with E-state index in [1.165, 1.54) is 37.4 Å². The number of aliphatic imine (C=N–C) groups is 1. The number of halogens is 7. The van der Waals surface area contributed by atoms with Gasteiger partial charge in [-0.25, -0.2) is 19.1 Å². The van der Waals surface area contributed by atoms with Crippen LogP contribution in [0.15, 0.2) is 47.5 Å². The number of urea groups is 1. The molecule has 13 heteroatoms. The molecule has 6 nitrogen and oxygen atoms in total. The first-order valence-corrected chi connectivity index (χ1v) is 11.1. The zero-order valence-corrected chi connectivity index (χ0v) is 20.5. The van der Waals surface area contributed by atoms with Crippen LogP contribution in [0, 0.1) is 5.82 Å². The third kappa shape index (κ3) is 5.19. The first-order chi connectivity index (χ1) is 14.9. The van der Waals surface area contributed by atoms with Crippen LogP contribution in [0.1, 0.15) is 0 Å². The lowest BCUT2D eigenvalue weighted by atomic mass is 10.2. The highest BCUT2D eigenvalue weighted by atomic mass is 35.6. The molecular weight excluding hydrogens is 548 g/mol. The fourth-order valence-electron chi connectivity index (χ4n) is 2.78. The van der Waals surface area contributed by atoms with E-state index in [9.17, 15) is 14.0 Å². The molecule has 2 aromatic rings. The Morgan fingerprint density at radius 3 is 2.34 bits per heavy atom. The molecule has 0 radical (unpaired) electrons. The highest BCUT2D eigenvalue weighted by molar-refractivity contribution is 6.70. The summed E-state index contributed by atoms with van der Waals surface area (Å²) < 4.78 is 12.4. The molecule has 1 heterocycles. The van der Waals surface area contributed by atoms with Gasteiger partial charge in [-0.2, -0.15) is 0 Å². The summed E-state index contributed by atoms with van der Waals surface area (Å²) >= 11 is 36.4. The number of nitrogens with zero attached hydrogens (tertiary/aromatic N) is 3. The SMILES string of the molecule is CN1C(=O)C(=NC(Nc2ccc(Cl)cc2Cl)C(Cl)C(Cl)(Cl)Cl)N(c2ccccc2F)C1=O. The number of rotatable bonds is 5. The van der Waals surface area contributed by atoms with Crippen LogP contribution >= 0.6 is 69.6 Å². The number of hydrogen-bond acceptors (Lipinski definition) is 4. The van der Waals surface area contributed by atoms with E-state index in [0.717, 1.165) is 15.9 Å². The second-order valence-electron chi connectivity index (χ2n) is 6.54. The van der Waals surface area contributed by atoms with Crippen molar-refractivity contribution in [2.75, 3.05) is 17.3 Å². The second-order valence-corrected chi connectivity index (χ2v) is 10.2. The van der Waals surface area contributed by atoms with Gasteiger partial charge in [-0.05, 0) is 30.3 Å². The lowest BCUT2D eigenvalue weighted by Gasteiger charge is -2.27. The van der Waals surface area contributed by atoms with Crippen molar-refractivity contribution in [2.24, 2.45) is 4.99 Å². The van der Waals surface area contributed by atoms with E-state index in [0.29, 0.717) is 10.7 Å². The number of alkyl halides is 4. The average molecular weight is 561 g/mol. The molecule has 1 aliphatic rings. The van der Waals surface area contributed by atoms with Crippen LogP contribution in [0.4, 0.5) is 20.6 Å². The van der Waals surface area contributed by atoms with Crippen LogP contribution < -0.4 is 10.2 Å². The molecule has 3 amide bonds. The van der Waals surface area contributed by atoms with Gasteiger partial charge in [-0.1, -0.05) is 70.1 Å². The van der Waals surface area contributed by atoms with Crippen molar-refractivity contribution >= 4 is 98.8 Å². The summed E-state index contributed by atoms with van der Waals surface area (Å²) in [5.74, 6) is -1.98. The minimum Gasteiger partial charge on any atom is -0.361 e. The van der Waals surface area contributed by atoms with Crippen molar-refractivity contribution < 1.29 is 14.0 Å². The van der Waals surface area contributed by atoms with Crippen LogP contribution in [0.5, 0.6) is 0 Å². The third-order valence-electron chi connectivity index (χ3n) is 4.37. The molecule has 1 N–H and O–H groups in total. The molecule has 2 aromatic carbocycles. The van der Waals surface area contributed by atoms with E-state index in [1.807, 2.05) is 0 Å². The van der Waals surface area contributed by atoms with Crippen molar-refractivity contribution in [3.63, 3.8) is 0 Å². The third-order valence-corrected chi connectivity index (χ3v) is 6.52. The van der Waals surface area contributed by atoms with Crippen LogP contribution in [0.2, 0.25) is 10.0 Å². The van der Waals surface area contributed by atoms with Crippen molar-refractivity contribution in [3.8, 4) is 0 Å².